The molecule has 0 aliphatic heterocycles. The molecule has 0 saturated carbocycles. The Kier molecular flexibility index (Phi) is 4.73. The fourth-order valence-electron chi connectivity index (χ4n) is 1.28. The molecule has 0 spiro atoms. The second-order valence-electron chi connectivity index (χ2n) is 3.76. The van der Waals surface area contributed by atoms with Crippen LogP contribution >= 0.6 is 0 Å². The second-order valence-corrected chi connectivity index (χ2v) is 5.47. The van der Waals surface area contributed by atoms with Crippen molar-refractivity contribution in [3.63, 3.8) is 0 Å². The zero-order valence-electron chi connectivity index (χ0n) is 9.84. The minimum Gasteiger partial charge on any atom is -0.480 e. The summed E-state index contributed by atoms with van der Waals surface area (Å²) in [6.07, 6.45) is -0.780. The number of halogens is 2. The van der Waals surface area contributed by atoms with Crippen LogP contribution in [0.15, 0.2) is 23.1 Å². The number of hydrogen-bond donors (Lipinski definition) is 3. The Morgan fingerprint density at radius 1 is 1.30 bits per heavy atom. The van der Waals surface area contributed by atoms with Crippen molar-refractivity contribution in [2.75, 3.05) is 0 Å². The van der Waals surface area contributed by atoms with E-state index in [0.29, 0.717) is 12.1 Å². The molecule has 0 saturated heterocycles. The van der Waals surface area contributed by atoms with Crippen LogP contribution < -0.4 is 10.5 Å². The third kappa shape index (κ3) is 3.96. The average molecular weight is 308 g/mol. The Bertz CT molecular complexity index is 647. The molecule has 0 unspecified atom stereocenters. The van der Waals surface area contributed by atoms with Crippen LogP contribution in [-0.4, -0.2) is 31.4 Å². The van der Waals surface area contributed by atoms with Crippen molar-refractivity contribution in [3.05, 3.63) is 29.8 Å². The van der Waals surface area contributed by atoms with Gasteiger partial charge in [-0.25, -0.2) is 17.2 Å². The Hall–Kier alpha value is -2.07. The molecule has 0 aliphatic rings. The lowest BCUT2D eigenvalue weighted by Crippen LogP contribution is -2.43. The number of nitrogens with two attached hydrogens (primary N) is 1. The monoisotopic (exact) mass is 308 g/mol. The molecule has 1 aromatic carbocycles. The van der Waals surface area contributed by atoms with Crippen LogP contribution in [0.4, 0.5) is 8.78 Å². The number of carbonyl (C=O) groups is 2. The lowest BCUT2D eigenvalue weighted by molar-refractivity contribution is -0.140. The Morgan fingerprint density at radius 2 is 1.90 bits per heavy atom. The molecule has 4 N–H and O–H groups in total. The predicted molar refractivity (Wildman–Crippen MR) is 61.9 cm³/mol. The van der Waals surface area contributed by atoms with E-state index in [9.17, 15) is 26.8 Å². The van der Waals surface area contributed by atoms with Crippen LogP contribution in [0, 0.1) is 11.6 Å². The van der Waals surface area contributed by atoms with Crippen molar-refractivity contribution in [2.45, 2.75) is 17.4 Å². The maximum Gasteiger partial charge on any atom is 0.322 e. The predicted octanol–water partition coefficient (Wildman–Crippen LogP) is -0.428. The molecule has 110 valence electrons. The minimum absolute atomic E-state index is 0.390. The first-order valence-corrected chi connectivity index (χ1v) is 6.60. The number of primary amides is 1. The summed E-state index contributed by atoms with van der Waals surface area (Å²) >= 11 is 0. The number of aliphatic carboxylic acids is 1. The normalized spacial score (nSPS) is 12.9. The molecule has 0 fully saturated rings. The fourth-order valence-corrected chi connectivity index (χ4v) is 2.48. The fraction of sp³-hybridized carbons (Fsp3) is 0.200. The van der Waals surface area contributed by atoms with Gasteiger partial charge in [-0.15, -0.1) is 0 Å². The first kappa shape index (κ1) is 16.0. The quantitative estimate of drug-likeness (QED) is 0.657. The highest BCUT2D eigenvalue weighted by Crippen LogP contribution is 2.14. The molecule has 20 heavy (non-hydrogen) atoms. The van der Waals surface area contributed by atoms with Crippen molar-refractivity contribution in [1.29, 1.82) is 0 Å². The van der Waals surface area contributed by atoms with E-state index < -0.39 is 50.9 Å². The van der Waals surface area contributed by atoms with E-state index in [1.807, 2.05) is 0 Å². The molecule has 10 heteroatoms. The number of carbonyl (C=O) groups excluding carboxylic acids is 1. The van der Waals surface area contributed by atoms with Crippen LogP contribution in [0.5, 0.6) is 0 Å². The largest absolute Gasteiger partial charge is 0.480 e. The van der Waals surface area contributed by atoms with Gasteiger partial charge in [0.1, 0.15) is 6.04 Å². The molecule has 7 nitrogen and oxygen atoms in total. The summed E-state index contributed by atoms with van der Waals surface area (Å²) in [4.78, 5) is 20.8. The van der Waals surface area contributed by atoms with Gasteiger partial charge in [0, 0.05) is 0 Å². The number of rotatable bonds is 6. The van der Waals surface area contributed by atoms with Crippen LogP contribution in [-0.2, 0) is 19.6 Å². The first-order valence-electron chi connectivity index (χ1n) is 5.12. The maximum atomic E-state index is 13.0. The van der Waals surface area contributed by atoms with Gasteiger partial charge in [0.2, 0.25) is 15.9 Å². The second kappa shape index (κ2) is 5.92. The van der Waals surface area contributed by atoms with E-state index in [1.165, 1.54) is 0 Å². The average Bonchev–Trinajstić information content (AvgIpc) is 2.30. The highest BCUT2D eigenvalue weighted by molar-refractivity contribution is 7.89. The number of hydrogen-bond acceptors (Lipinski definition) is 4. The first-order chi connectivity index (χ1) is 9.13. The third-order valence-electron chi connectivity index (χ3n) is 2.20. The molecule has 0 heterocycles. The van der Waals surface area contributed by atoms with Crippen molar-refractivity contribution < 1.29 is 31.9 Å². The number of amides is 1. The van der Waals surface area contributed by atoms with Gasteiger partial charge in [0.25, 0.3) is 0 Å². The van der Waals surface area contributed by atoms with Gasteiger partial charge in [-0.1, -0.05) is 0 Å². The highest BCUT2D eigenvalue weighted by Gasteiger charge is 2.27. The summed E-state index contributed by atoms with van der Waals surface area (Å²) in [5.74, 6) is -5.33. The number of benzene rings is 1. The van der Waals surface area contributed by atoms with Gasteiger partial charge < -0.3 is 10.8 Å². The minimum atomic E-state index is -4.43. The molecule has 1 aromatic rings. The number of nitrogens with one attached hydrogen (secondary N) is 1. The van der Waals surface area contributed by atoms with Crippen molar-refractivity contribution in [2.24, 2.45) is 5.73 Å². The van der Waals surface area contributed by atoms with Gasteiger partial charge in [-0.3, -0.25) is 9.59 Å². The van der Waals surface area contributed by atoms with Crippen molar-refractivity contribution in [3.8, 4) is 0 Å². The highest BCUT2D eigenvalue weighted by atomic mass is 32.2. The summed E-state index contributed by atoms with van der Waals surface area (Å²) in [6, 6.07) is -0.0796. The molecule has 0 aromatic heterocycles. The molecular formula is C10H10F2N2O5S. The molecular weight excluding hydrogens is 298 g/mol. The standard InChI is InChI=1S/C10H10F2N2O5S/c11-6-2-1-5(3-7(6)12)20(18,19)14-8(10(16)17)4-9(13)15/h1-3,8,14H,4H2,(H2,13,15)(H,16,17)/t8-/m1/s1. The summed E-state index contributed by atoms with van der Waals surface area (Å²) in [7, 11) is -4.43. The lowest BCUT2D eigenvalue weighted by atomic mass is 10.2. The number of sulfonamides is 1. The zero-order chi connectivity index (χ0) is 15.5. The maximum absolute atomic E-state index is 13.0. The number of carboxylic acids is 1. The van der Waals surface area contributed by atoms with Gasteiger partial charge in [-0.05, 0) is 18.2 Å². The van der Waals surface area contributed by atoms with Crippen LogP contribution in [0.3, 0.4) is 0 Å². The Balaban J connectivity index is 3.06. The van der Waals surface area contributed by atoms with E-state index in [1.54, 1.807) is 4.72 Å². The van der Waals surface area contributed by atoms with E-state index in [-0.39, 0.29) is 0 Å². The SMILES string of the molecule is NC(=O)C[C@@H](NS(=O)(=O)c1ccc(F)c(F)c1)C(=O)O. The van der Waals surface area contributed by atoms with E-state index in [2.05, 4.69) is 0 Å². The molecule has 1 atom stereocenters. The smallest absolute Gasteiger partial charge is 0.322 e. The topological polar surface area (TPSA) is 127 Å². The van der Waals surface area contributed by atoms with Gasteiger partial charge >= 0.3 is 5.97 Å². The summed E-state index contributed by atoms with van der Waals surface area (Å²) in [5, 5.41) is 8.76. The van der Waals surface area contributed by atoms with Gasteiger partial charge in [0.05, 0.1) is 11.3 Å². The van der Waals surface area contributed by atoms with Crippen LogP contribution in [0.25, 0.3) is 0 Å². The number of carboxylic acid groups (broad SMARTS) is 1. The molecule has 0 bridgehead atoms. The van der Waals surface area contributed by atoms with Crippen molar-refractivity contribution in [1.82, 2.24) is 4.72 Å². The summed E-state index contributed by atoms with van der Waals surface area (Å²) in [6.45, 7) is 0. The summed E-state index contributed by atoms with van der Waals surface area (Å²) in [5.41, 5.74) is 4.79. The van der Waals surface area contributed by atoms with E-state index in [4.69, 9.17) is 10.8 Å². The van der Waals surface area contributed by atoms with E-state index >= 15 is 0 Å². The Labute approximate surface area is 112 Å². The summed E-state index contributed by atoms with van der Waals surface area (Å²) < 4.78 is 50.9. The Morgan fingerprint density at radius 3 is 2.35 bits per heavy atom. The van der Waals surface area contributed by atoms with Gasteiger partial charge in [-0.2, -0.15) is 4.72 Å². The third-order valence-corrected chi connectivity index (χ3v) is 3.67. The molecule has 1 amide bonds. The van der Waals surface area contributed by atoms with Crippen LogP contribution in [0.1, 0.15) is 6.42 Å². The zero-order valence-corrected chi connectivity index (χ0v) is 10.7. The van der Waals surface area contributed by atoms with Gasteiger partial charge in [0.15, 0.2) is 11.6 Å². The molecule has 0 aliphatic carbocycles. The van der Waals surface area contributed by atoms with Crippen molar-refractivity contribution >= 4 is 21.9 Å². The molecule has 0 radical (unpaired) electrons. The lowest BCUT2D eigenvalue weighted by Gasteiger charge is -2.13. The molecule has 1 rings (SSSR count). The van der Waals surface area contributed by atoms with E-state index in [0.717, 1.165) is 6.07 Å². The van der Waals surface area contributed by atoms with Crippen LogP contribution in [0.2, 0.25) is 0 Å².